The van der Waals surface area contributed by atoms with Crippen molar-refractivity contribution in [3.63, 3.8) is 0 Å². The second kappa shape index (κ2) is 10.5. The predicted molar refractivity (Wildman–Crippen MR) is 146 cm³/mol. The average molecular weight is 493 g/mol. The maximum Gasteiger partial charge on any atom is 0.145 e. The Balaban J connectivity index is 1.81. The molecule has 0 bridgehead atoms. The van der Waals surface area contributed by atoms with E-state index in [9.17, 15) is 0 Å². The Labute approximate surface area is 216 Å². The first-order chi connectivity index (χ1) is 18.1. The van der Waals surface area contributed by atoms with Crippen LogP contribution in [0.25, 0.3) is 39.6 Å². The number of benzene rings is 4. The summed E-state index contributed by atoms with van der Waals surface area (Å²) in [6.07, 6.45) is 0. The average Bonchev–Trinajstić information content (AvgIpc) is 3.38. The Morgan fingerprint density at radius 3 is 1.27 bits per heavy atom. The van der Waals surface area contributed by atoms with Crippen LogP contribution in [-0.2, 0) is 0 Å². The Morgan fingerprint density at radius 1 is 0.459 bits per heavy atom. The molecule has 5 aromatic rings. The van der Waals surface area contributed by atoms with Gasteiger partial charge in [-0.2, -0.15) is 0 Å². The van der Waals surface area contributed by atoms with Crippen LogP contribution in [0.5, 0.6) is 23.0 Å². The quantitative estimate of drug-likeness (QED) is 0.236. The van der Waals surface area contributed by atoms with Gasteiger partial charge in [-0.3, -0.25) is 4.57 Å². The smallest absolute Gasteiger partial charge is 0.145 e. The molecule has 0 spiro atoms. The van der Waals surface area contributed by atoms with E-state index in [2.05, 4.69) is 16.7 Å². The van der Waals surface area contributed by atoms with Gasteiger partial charge in [-0.1, -0.05) is 0 Å². The summed E-state index contributed by atoms with van der Waals surface area (Å²) in [5.41, 5.74) is 5.73. The van der Waals surface area contributed by atoms with Crippen LogP contribution in [0.4, 0.5) is 0 Å². The lowest BCUT2D eigenvalue weighted by molar-refractivity contribution is 0.414. The van der Waals surface area contributed by atoms with Crippen molar-refractivity contribution in [3.05, 3.63) is 97.1 Å². The highest BCUT2D eigenvalue weighted by Crippen LogP contribution is 2.40. The van der Waals surface area contributed by atoms with E-state index in [1.165, 1.54) is 0 Å². The molecule has 0 saturated carbocycles. The van der Waals surface area contributed by atoms with Crippen LogP contribution >= 0.6 is 0 Å². The van der Waals surface area contributed by atoms with Crippen molar-refractivity contribution >= 4 is 0 Å². The molecule has 0 fully saturated rings. The van der Waals surface area contributed by atoms with Crippen molar-refractivity contribution in [1.29, 1.82) is 0 Å². The third-order valence-electron chi connectivity index (χ3n) is 6.28. The third-order valence-corrected chi connectivity index (χ3v) is 6.28. The number of ether oxygens (including phenoxy) is 4. The number of methoxy groups -OCH3 is 4. The second-order valence-corrected chi connectivity index (χ2v) is 8.35. The second-order valence-electron chi connectivity index (χ2n) is 8.35. The molecule has 0 aliphatic heterocycles. The highest BCUT2D eigenvalue weighted by molar-refractivity contribution is 5.84. The molecule has 6 nitrogen and oxygen atoms in total. The Bertz CT molecular complexity index is 1360. The highest BCUT2D eigenvalue weighted by Gasteiger charge is 2.23. The maximum absolute atomic E-state index is 5.42. The van der Waals surface area contributed by atoms with Crippen LogP contribution in [-0.4, -0.2) is 38.0 Å². The van der Waals surface area contributed by atoms with Crippen LogP contribution in [0.2, 0.25) is 0 Å². The van der Waals surface area contributed by atoms with E-state index in [-0.39, 0.29) is 0 Å². The summed E-state index contributed by atoms with van der Waals surface area (Å²) in [5.74, 6) is 3.97. The molecule has 0 aliphatic carbocycles. The van der Waals surface area contributed by atoms with Crippen LogP contribution < -0.4 is 18.9 Å². The minimum absolute atomic E-state index is 0.788. The van der Waals surface area contributed by atoms with Crippen molar-refractivity contribution in [3.8, 4) is 62.6 Å². The number of hydrogen-bond donors (Lipinski definition) is 0. The fourth-order valence-electron chi connectivity index (χ4n) is 4.30. The summed E-state index contributed by atoms with van der Waals surface area (Å²) >= 11 is 0. The predicted octanol–water partition coefficient (Wildman–Crippen LogP) is 6.91. The minimum atomic E-state index is 0.788. The zero-order valence-corrected chi connectivity index (χ0v) is 21.3. The van der Waals surface area contributed by atoms with Gasteiger partial charge < -0.3 is 18.9 Å². The molecule has 1 aromatic heterocycles. The summed E-state index contributed by atoms with van der Waals surface area (Å²) in [5, 5.41) is 0. The zero-order chi connectivity index (χ0) is 25.8. The van der Waals surface area contributed by atoms with Crippen molar-refractivity contribution < 1.29 is 18.9 Å². The van der Waals surface area contributed by atoms with Gasteiger partial charge in [-0.05, 0) is 97.1 Å². The molecule has 0 atom stereocenters. The molecule has 0 radical (unpaired) electrons. The fraction of sp³-hybridized carbons (Fsp3) is 0.129. The van der Waals surface area contributed by atoms with Crippen LogP contribution in [0.15, 0.2) is 97.1 Å². The van der Waals surface area contributed by atoms with E-state index < -0.39 is 0 Å². The Hall–Kier alpha value is -4.71. The van der Waals surface area contributed by atoms with E-state index in [4.69, 9.17) is 23.9 Å². The zero-order valence-electron chi connectivity index (χ0n) is 21.3. The van der Waals surface area contributed by atoms with E-state index in [0.717, 1.165) is 62.6 Å². The Kier molecular flexibility index (Phi) is 6.81. The SMILES string of the molecule is COc1ccc(-c2nc(-c3ccc(OC)cc3)n(-c3ccc(OC)cc3)c2-c2ccc(OC)cc2)cc1. The van der Waals surface area contributed by atoms with Gasteiger partial charge in [0, 0.05) is 22.4 Å². The number of nitrogens with zero attached hydrogens (tertiary/aromatic N) is 2. The lowest BCUT2D eigenvalue weighted by Crippen LogP contribution is -2.01. The topological polar surface area (TPSA) is 54.7 Å². The molecule has 1 heterocycles. The first kappa shape index (κ1) is 24.0. The molecular formula is C31H28N2O4. The van der Waals surface area contributed by atoms with Gasteiger partial charge in [-0.25, -0.2) is 4.98 Å². The molecule has 0 saturated heterocycles. The van der Waals surface area contributed by atoms with Gasteiger partial charge in [-0.15, -0.1) is 0 Å². The Morgan fingerprint density at radius 2 is 0.838 bits per heavy atom. The molecule has 4 aromatic carbocycles. The highest BCUT2D eigenvalue weighted by atomic mass is 16.5. The number of rotatable bonds is 8. The molecule has 0 amide bonds. The van der Waals surface area contributed by atoms with Crippen LogP contribution in [0.3, 0.4) is 0 Å². The summed E-state index contributed by atoms with van der Waals surface area (Å²) in [4.78, 5) is 5.22. The molecule has 0 unspecified atom stereocenters. The number of imidazole rings is 1. The third kappa shape index (κ3) is 4.74. The van der Waals surface area contributed by atoms with Crippen molar-refractivity contribution in [2.45, 2.75) is 0 Å². The van der Waals surface area contributed by atoms with Crippen molar-refractivity contribution in [1.82, 2.24) is 9.55 Å². The lowest BCUT2D eigenvalue weighted by atomic mass is 10.0. The van der Waals surface area contributed by atoms with Crippen molar-refractivity contribution in [2.75, 3.05) is 28.4 Å². The number of aromatic nitrogens is 2. The van der Waals surface area contributed by atoms with Gasteiger partial charge in [0.1, 0.15) is 28.8 Å². The van der Waals surface area contributed by atoms with E-state index in [0.29, 0.717) is 0 Å². The largest absolute Gasteiger partial charge is 0.497 e. The van der Waals surface area contributed by atoms with Gasteiger partial charge in [0.2, 0.25) is 0 Å². The molecule has 37 heavy (non-hydrogen) atoms. The lowest BCUT2D eigenvalue weighted by Gasteiger charge is -2.15. The van der Waals surface area contributed by atoms with E-state index >= 15 is 0 Å². The molecule has 0 aliphatic rings. The van der Waals surface area contributed by atoms with Crippen LogP contribution in [0.1, 0.15) is 0 Å². The van der Waals surface area contributed by atoms with E-state index in [1.54, 1.807) is 28.4 Å². The maximum atomic E-state index is 5.42. The molecule has 186 valence electrons. The van der Waals surface area contributed by atoms with E-state index in [1.807, 2.05) is 84.9 Å². The summed E-state index contributed by atoms with van der Waals surface area (Å²) < 4.78 is 23.8. The van der Waals surface area contributed by atoms with Crippen LogP contribution in [0, 0.1) is 0 Å². The minimum Gasteiger partial charge on any atom is -0.497 e. The first-order valence-corrected chi connectivity index (χ1v) is 11.9. The van der Waals surface area contributed by atoms with Gasteiger partial charge >= 0.3 is 0 Å². The van der Waals surface area contributed by atoms with Gasteiger partial charge in [0.25, 0.3) is 0 Å². The molecule has 0 N–H and O–H groups in total. The fourth-order valence-corrected chi connectivity index (χ4v) is 4.30. The van der Waals surface area contributed by atoms with Gasteiger partial charge in [0.15, 0.2) is 0 Å². The van der Waals surface area contributed by atoms with Crippen molar-refractivity contribution in [2.24, 2.45) is 0 Å². The summed E-state index contributed by atoms with van der Waals surface area (Å²) in [6, 6.07) is 31.9. The molecule has 5 rings (SSSR count). The standard InChI is InChI=1S/C31H28N2O4/c1-34-25-13-5-21(6-14-25)29-30(22-7-15-26(35-2)16-8-22)33(24-11-19-28(37-4)20-12-24)31(32-29)23-9-17-27(36-3)18-10-23/h5-20H,1-4H3. The normalized spacial score (nSPS) is 10.7. The molecular weight excluding hydrogens is 464 g/mol. The first-order valence-electron chi connectivity index (χ1n) is 11.9. The monoisotopic (exact) mass is 492 g/mol. The summed E-state index contributed by atoms with van der Waals surface area (Å²) in [6.45, 7) is 0. The van der Waals surface area contributed by atoms with Gasteiger partial charge in [0.05, 0.1) is 39.8 Å². The number of hydrogen-bond acceptors (Lipinski definition) is 5. The summed E-state index contributed by atoms with van der Waals surface area (Å²) in [7, 11) is 6.66. The molecule has 6 heteroatoms.